The van der Waals surface area contributed by atoms with Crippen molar-refractivity contribution in [3.63, 3.8) is 0 Å². The Morgan fingerprint density at radius 2 is 2.09 bits per heavy atom. The van der Waals surface area contributed by atoms with E-state index in [1.54, 1.807) is 6.33 Å². The molecule has 0 N–H and O–H groups in total. The zero-order chi connectivity index (χ0) is 16.2. The zero-order valence-corrected chi connectivity index (χ0v) is 13.9. The Kier molecular flexibility index (Phi) is 4.74. The first kappa shape index (κ1) is 15.7. The molecule has 0 bridgehead atoms. The highest BCUT2D eigenvalue weighted by Gasteiger charge is 2.29. The monoisotopic (exact) mass is 312 g/mol. The number of aryl methyl sites for hydroxylation is 1. The topological polar surface area (TPSA) is 51.0 Å². The summed E-state index contributed by atoms with van der Waals surface area (Å²) in [5.74, 6) is 1.31. The number of nitrogens with zero attached hydrogens (tertiary/aromatic N) is 4. The molecule has 2 heterocycles. The molecule has 1 aromatic carbocycles. The average molecular weight is 312 g/mol. The number of hydrogen-bond donors (Lipinski definition) is 0. The van der Waals surface area contributed by atoms with Gasteiger partial charge in [-0.3, -0.25) is 9.36 Å². The number of carbonyl (C=O) groups is 1. The van der Waals surface area contributed by atoms with E-state index in [2.05, 4.69) is 27.2 Å². The van der Waals surface area contributed by atoms with Gasteiger partial charge in [-0.1, -0.05) is 32.0 Å². The summed E-state index contributed by atoms with van der Waals surface area (Å²) in [7, 11) is 0. The lowest BCUT2D eigenvalue weighted by Gasteiger charge is -2.26. The van der Waals surface area contributed by atoms with Crippen LogP contribution in [0.1, 0.15) is 38.9 Å². The highest BCUT2D eigenvalue weighted by molar-refractivity contribution is 5.78. The van der Waals surface area contributed by atoms with Crippen LogP contribution in [0.5, 0.6) is 0 Å². The third kappa shape index (κ3) is 3.44. The van der Waals surface area contributed by atoms with Crippen LogP contribution < -0.4 is 0 Å². The molecule has 0 aliphatic carbocycles. The van der Waals surface area contributed by atoms with E-state index in [9.17, 15) is 4.79 Å². The molecule has 2 aromatic rings. The molecular weight excluding hydrogens is 288 g/mol. The van der Waals surface area contributed by atoms with Crippen molar-refractivity contribution in [2.75, 3.05) is 6.54 Å². The molecular formula is C18H24N4O. The number of hydrogen-bond acceptors (Lipinski definition) is 3. The number of benzene rings is 1. The van der Waals surface area contributed by atoms with Crippen molar-refractivity contribution in [2.45, 2.75) is 45.6 Å². The van der Waals surface area contributed by atoms with Gasteiger partial charge in [0.1, 0.15) is 12.2 Å². The van der Waals surface area contributed by atoms with Gasteiger partial charge in [-0.15, -0.1) is 10.2 Å². The van der Waals surface area contributed by atoms with E-state index < -0.39 is 0 Å². The Labute approximate surface area is 137 Å². The summed E-state index contributed by atoms with van der Waals surface area (Å²) in [6.45, 7) is 4.85. The molecule has 5 nitrogen and oxygen atoms in total. The fraction of sp³-hybridized carbons (Fsp3) is 0.500. The van der Waals surface area contributed by atoms with Crippen LogP contribution in [0.2, 0.25) is 0 Å². The van der Waals surface area contributed by atoms with E-state index >= 15 is 0 Å². The molecule has 23 heavy (non-hydrogen) atoms. The van der Waals surface area contributed by atoms with Gasteiger partial charge < -0.3 is 4.90 Å². The number of carbonyl (C=O) groups excluding carboxylic acids is 1. The molecule has 122 valence electrons. The van der Waals surface area contributed by atoms with E-state index in [1.165, 1.54) is 0 Å². The van der Waals surface area contributed by atoms with Crippen LogP contribution in [-0.4, -0.2) is 38.2 Å². The van der Waals surface area contributed by atoms with Crippen molar-refractivity contribution in [3.8, 4) is 5.69 Å². The minimum atomic E-state index is 0.0728. The highest BCUT2D eigenvalue weighted by atomic mass is 16.2. The number of amides is 1. The van der Waals surface area contributed by atoms with Gasteiger partial charge >= 0.3 is 0 Å². The van der Waals surface area contributed by atoms with Crippen LogP contribution in [0.25, 0.3) is 5.69 Å². The van der Waals surface area contributed by atoms with Crippen LogP contribution in [0.3, 0.4) is 0 Å². The molecule has 1 aromatic heterocycles. The van der Waals surface area contributed by atoms with Crippen molar-refractivity contribution < 1.29 is 4.79 Å². The first-order chi connectivity index (χ1) is 11.2. The van der Waals surface area contributed by atoms with Crippen LogP contribution >= 0.6 is 0 Å². The number of aromatic nitrogens is 3. The van der Waals surface area contributed by atoms with Crippen molar-refractivity contribution in [1.82, 2.24) is 19.7 Å². The largest absolute Gasteiger partial charge is 0.339 e. The number of para-hydroxylation sites is 1. The van der Waals surface area contributed by atoms with Crippen molar-refractivity contribution in [2.24, 2.45) is 5.92 Å². The van der Waals surface area contributed by atoms with Crippen molar-refractivity contribution in [1.29, 1.82) is 0 Å². The summed E-state index contributed by atoms with van der Waals surface area (Å²) in [6, 6.07) is 10.5. The van der Waals surface area contributed by atoms with Gasteiger partial charge in [-0.25, -0.2) is 0 Å². The summed E-state index contributed by atoms with van der Waals surface area (Å²) < 4.78 is 2.03. The van der Waals surface area contributed by atoms with Gasteiger partial charge in [0.25, 0.3) is 0 Å². The number of likely N-dealkylation sites (tertiary alicyclic amines) is 1. The van der Waals surface area contributed by atoms with Gasteiger partial charge in [0.15, 0.2) is 0 Å². The Morgan fingerprint density at radius 1 is 1.30 bits per heavy atom. The second-order valence-corrected chi connectivity index (χ2v) is 6.47. The lowest BCUT2D eigenvalue weighted by atomic mass is 10.1. The highest BCUT2D eigenvalue weighted by Crippen LogP contribution is 2.23. The molecule has 1 atom stereocenters. The normalized spacial score (nSPS) is 17.9. The predicted molar refractivity (Wildman–Crippen MR) is 89.3 cm³/mol. The van der Waals surface area contributed by atoms with Gasteiger partial charge in [-0.05, 0) is 31.4 Å². The van der Waals surface area contributed by atoms with Crippen molar-refractivity contribution in [3.05, 3.63) is 42.5 Å². The second kappa shape index (κ2) is 6.94. The summed E-state index contributed by atoms with van der Waals surface area (Å²) in [5, 5.41) is 8.33. The van der Waals surface area contributed by atoms with Crippen molar-refractivity contribution >= 4 is 5.91 Å². The third-order valence-corrected chi connectivity index (χ3v) is 4.51. The molecule has 1 aliphatic rings. The number of rotatable bonds is 5. The van der Waals surface area contributed by atoms with Gasteiger partial charge in [-0.2, -0.15) is 0 Å². The maximum absolute atomic E-state index is 12.3. The first-order valence-corrected chi connectivity index (χ1v) is 8.41. The molecule has 5 heteroatoms. The van der Waals surface area contributed by atoms with E-state index in [4.69, 9.17) is 0 Å². The molecule has 0 saturated carbocycles. The van der Waals surface area contributed by atoms with Crippen LogP contribution in [0, 0.1) is 5.92 Å². The average Bonchev–Trinajstić information content (AvgIpc) is 3.21. The summed E-state index contributed by atoms with van der Waals surface area (Å²) in [4.78, 5) is 14.4. The Morgan fingerprint density at radius 3 is 2.83 bits per heavy atom. The fourth-order valence-corrected chi connectivity index (χ4v) is 3.29. The molecule has 1 aliphatic heterocycles. The Hall–Kier alpha value is -2.17. The summed E-state index contributed by atoms with van der Waals surface area (Å²) in [6.07, 6.45) is 5.74. The molecule has 1 unspecified atom stereocenters. The Balaban J connectivity index is 1.67. The van der Waals surface area contributed by atoms with E-state index in [1.807, 2.05) is 36.6 Å². The van der Waals surface area contributed by atoms with Crippen LogP contribution in [0.15, 0.2) is 36.7 Å². The maximum atomic E-state index is 12.3. The van der Waals surface area contributed by atoms with E-state index in [0.29, 0.717) is 6.04 Å². The quantitative estimate of drug-likeness (QED) is 0.853. The van der Waals surface area contributed by atoms with Crippen LogP contribution in [-0.2, 0) is 11.2 Å². The predicted octanol–water partition coefficient (Wildman–Crippen LogP) is 2.85. The Bertz CT molecular complexity index is 650. The first-order valence-electron chi connectivity index (χ1n) is 8.41. The second-order valence-electron chi connectivity index (χ2n) is 6.47. The smallest absolute Gasteiger partial charge is 0.225 e. The molecule has 1 amide bonds. The minimum absolute atomic E-state index is 0.0728. The summed E-state index contributed by atoms with van der Waals surface area (Å²) >= 11 is 0. The molecule has 3 rings (SSSR count). The molecule has 0 radical (unpaired) electrons. The van der Waals surface area contributed by atoms with Gasteiger partial charge in [0.05, 0.1) is 0 Å². The fourth-order valence-electron chi connectivity index (χ4n) is 3.29. The molecule has 1 saturated heterocycles. The minimum Gasteiger partial charge on any atom is -0.339 e. The lowest BCUT2D eigenvalue weighted by molar-refractivity contribution is -0.135. The standard InChI is InChI=1S/C18H24N4O/c1-14(2)18(23)21-12-6-9-16(21)10-11-17-20-19-13-22(17)15-7-4-3-5-8-15/h3-5,7-8,13-14,16H,6,9-12H2,1-2H3. The molecule has 0 spiro atoms. The lowest BCUT2D eigenvalue weighted by Crippen LogP contribution is -2.38. The zero-order valence-electron chi connectivity index (χ0n) is 13.9. The maximum Gasteiger partial charge on any atom is 0.225 e. The summed E-state index contributed by atoms with van der Waals surface area (Å²) in [5.41, 5.74) is 1.08. The van der Waals surface area contributed by atoms with E-state index in [0.717, 1.165) is 43.7 Å². The van der Waals surface area contributed by atoms with Gasteiger partial charge in [0.2, 0.25) is 5.91 Å². The van der Waals surface area contributed by atoms with E-state index in [-0.39, 0.29) is 11.8 Å². The third-order valence-electron chi connectivity index (χ3n) is 4.51. The van der Waals surface area contributed by atoms with Crippen LogP contribution in [0.4, 0.5) is 0 Å². The van der Waals surface area contributed by atoms with Gasteiger partial charge in [0, 0.05) is 30.6 Å². The molecule has 1 fully saturated rings. The SMILES string of the molecule is CC(C)C(=O)N1CCCC1CCc1nncn1-c1ccccc1.